The van der Waals surface area contributed by atoms with Crippen LogP contribution in [0.15, 0.2) is 34.2 Å². The highest BCUT2D eigenvalue weighted by Crippen LogP contribution is 2.20. The molecule has 0 spiro atoms. The van der Waals surface area contributed by atoms with Crippen molar-refractivity contribution in [1.29, 1.82) is 0 Å². The maximum atomic E-state index is 12.1. The summed E-state index contributed by atoms with van der Waals surface area (Å²) in [7, 11) is 0. The lowest BCUT2D eigenvalue weighted by atomic mass is 10.1. The number of benzene rings is 1. The lowest BCUT2D eigenvalue weighted by Gasteiger charge is -2.07. The summed E-state index contributed by atoms with van der Waals surface area (Å²) in [6, 6.07) is 7.01. The number of nitrogen functional groups attached to an aromatic ring is 1. The van der Waals surface area contributed by atoms with E-state index in [2.05, 4.69) is 20.5 Å². The van der Waals surface area contributed by atoms with Gasteiger partial charge in [-0.15, -0.1) is 10.2 Å². The number of H-pyrrole nitrogens is 1. The van der Waals surface area contributed by atoms with Crippen molar-refractivity contribution in [3.63, 3.8) is 0 Å². The number of anilines is 1. The van der Waals surface area contributed by atoms with E-state index >= 15 is 0 Å². The van der Waals surface area contributed by atoms with Crippen LogP contribution in [0.5, 0.6) is 0 Å². The van der Waals surface area contributed by atoms with Crippen LogP contribution in [0.25, 0.3) is 11.3 Å². The van der Waals surface area contributed by atoms with Crippen LogP contribution >= 0.6 is 11.8 Å². The summed E-state index contributed by atoms with van der Waals surface area (Å²) in [5, 5.41) is 10.9. The number of para-hydroxylation sites is 1. The third-order valence-electron chi connectivity index (χ3n) is 2.68. The summed E-state index contributed by atoms with van der Waals surface area (Å²) in [5.74, 6) is 0.0364. The van der Waals surface area contributed by atoms with Gasteiger partial charge in [0.25, 0.3) is 5.56 Å². The van der Waals surface area contributed by atoms with E-state index < -0.39 is 0 Å². The molecule has 0 aliphatic rings. The smallest absolute Gasteiger partial charge is 0.278 e. The second-order valence-corrected chi connectivity index (χ2v) is 5.87. The van der Waals surface area contributed by atoms with E-state index in [0.717, 1.165) is 11.8 Å². The van der Waals surface area contributed by atoms with Crippen molar-refractivity contribution in [2.24, 2.45) is 0 Å². The van der Waals surface area contributed by atoms with E-state index in [0.29, 0.717) is 16.4 Å². The Labute approximate surface area is 131 Å². The molecule has 7 nitrogen and oxygen atoms in total. The topological polar surface area (TPSA) is 114 Å². The maximum Gasteiger partial charge on any atom is 0.278 e. The molecule has 0 radical (unpaired) electrons. The Bertz CT molecular complexity index is 729. The highest BCUT2D eigenvalue weighted by molar-refractivity contribution is 7.99. The molecule has 0 aliphatic heterocycles. The van der Waals surface area contributed by atoms with Crippen LogP contribution in [0.1, 0.15) is 13.8 Å². The largest absolute Gasteiger partial charge is 0.398 e. The molecule has 1 aromatic heterocycles. The highest BCUT2D eigenvalue weighted by Gasteiger charge is 2.11. The molecule has 2 aromatic rings. The molecule has 1 heterocycles. The van der Waals surface area contributed by atoms with Crippen LogP contribution in [-0.2, 0) is 4.79 Å². The number of carbonyl (C=O) groups excluding carboxylic acids is 1. The number of amides is 1. The Kier molecular flexibility index (Phi) is 5.16. The second kappa shape index (κ2) is 7.08. The van der Waals surface area contributed by atoms with Gasteiger partial charge < -0.3 is 11.1 Å². The molecule has 4 N–H and O–H groups in total. The maximum absolute atomic E-state index is 12.1. The number of aromatic nitrogens is 3. The molecule has 0 saturated heterocycles. The summed E-state index contributed by atoms with van der Waals surface area (Å²) >= 11 is 1.12. The molecule has 0 fully saturated rings. The number of rotatable bonds is 5. The zero-order valence-corrected chi connectivity index (χ0v) is 13.1. The first-order valence-corrected chi connectivity index (χ1v) is 7.70. The van der Waals surface area contributed by atoms with Gasteiger partial charge in [0.15, 0.2) is 10.9 Å². The first-order valence-electron chi connectivity index (χ1n) is 6.71. The lowest BCUT2D eigenvalue weighted by molar-refractivity contribution is -0.119. The van der Waals surface area contributed by atoms with Crippen molar-refractivity contribution in [2.45, 2.75) is 25.0 Å². The molecular formula is C14H17N5O2S. The Morgan fingerprint density at radius 3 is 2.73 bits per heavy atom. The van der Waals surface area contributed by atoms with Crippen molar-refractivity contribution < 1.29 is 4.79 Å². The molecule has 1 aromatic carbocycles. The highest BCUT2D eigenvalue weighted by atomic mass is 32.2. The first kappa shape index (κ1) is 16.0. The van der Waals surface area contributed by atoms with Crippen LogP contribution < -0.4 is 16.6 Å². The van der Waals surface area contributed by atoms with E-state index in [1.807, 2.05) is 13.8 Å². The monoisotopic (exact) mass is 319 g/mol. The molecule has 2 rings (SSSR count). The summed E-state index contributed by atoms with van der Waals surface area (Å²) < 4.78 is 0. The summed E-state index contributed by atoms with van der Waals surface area (Å²) in [6.07, 6.45) is 0. The van der Waals surface area contributed by atoms with Gasteiger partial charge in [0.2, 0.25) is 5.91 Å². The lowest BCUT2D eigenvalue weighted by Crippen LogP contribution is -2.31. The van der Waals surface area contributed by atoms with Gasteiger partial charge in [-0.3, -0.25) is 14.6 Å². The minimum absolute atomic E-state index is 0.0710. The van der Waals surface area contributed by atoms with E-state index in [4.69, 9.17) is 5.73 Å². The normalized spacial score (nSPS) is 10.7. The Balaban J connectivity index is 2.12. The number of nitrogens with two attached hydrogens (primary N) is 1. The van der Waals surface area contributed by atoms with E-state index in [1.54, 1.807) is 24.3 Å². The number of carbonyl (C=O) groups is 1. The minimum Gasteiger partial charge on any atom is -0.398 e. The molecule has 116 valence electrons. The molecule has 1 amide bonds. The van der Waals surface area contributed by atoms with Gasteiger partial charge in [-0.25, -0.2) is 0 Å². The molecule has 0 bridgehead atoms. The standard InChI is InChI=1S/C14H17N5O2S/c1-8(2)16-11(20)7-22-14-17-13(21)12(18-19-14)9-5-3-4-6-10(9)15/h3-6,8H,7,15H2,1-2H3,(H,16,20)(H,17,19,21). The predicted molar refractivity (Wildman–Crippen MR) is 86.5 cm³/mol. The van der Waals surface area contributed by atoms with Crippen LogP contribution in [-0.4, -0.2) is 32.9 Å². The predicted octanol–water partition coefficient (Wildman–Crippen LogP) is 1.03. The fraction of sp³-hybridized carbons (Fsp3) is 0.286. The Morgan fingerprint density at radius 1 is 1.36 bits per heavy atom. The van der Waals surface area contributed by atoms with Crippen LogP contribution in [0.3, 0.4) is 0 Å². The average Bonchev–Trinajstić information content (AvgIpc) is 2.45. The SMILES string of the molecule is CC(C)NC(=O)CSc1nnc(-c2ccccc2N)c(=O)[nH]1. The quantitative estimate of drug-likeness (QED) is 0.560. The Morgan fingerprint density at radius 2 is 2.09 bits per heavy atom. The van der Waals surface area contributed by atoms with Gasteiger partial charge >= 0.3 is 0 Å². The van der Waals surface area contributed by atoms with Crippen molar-refractivity contribution in [1.82, 2.24) is 20.5 Å². The number of hydrogen-bond acceptors (Lipinski definition) is 6. The van der Waals surface area contributed by atoms with E-state index in [1.165, 1.54) is 0 Å². The second-order valence-electron chi connectivity index (χ2n) is 4.91. The number of aromatic amines is 1. The average molecular weight is 319 g/mol. The first-order chi connectivity index (χ1) is 10.5. The van der Waals surface area contributed by atoms with Crippen molar-refractivity contribution in [3.05, 3.63) is 34.6 Å². The van der Waals surface area contributed by atoms with Gasteiger partial charge in [0.05, 0.1) is 5.75 Å². The zero-order chi connectivity index (χ0) is 16.1. The Hall–Kier alpha value is -2.35. The van der Waals surface area contributed by atoms with E-state index in [9.17, 15) is 9.59 Å². The molecule has 8 heteroatoms. The molecule has 0 unspecified atom stereocenters. The van der Waals surface area contributed by atoms with Gasteiger partial charge in [0.1, 0.15) is 0 Å². The van der Waals surface area contributed by atoms with Crippen molar-refractivity contribution in [3.8, 4) is 11.3 Å². The summed E-state index contributed by atoms with van der Waals surface area (Å²) in [4.78, 5) is 26.3. The molecular weight excluding hydrogens is 302 g/mol. The van der Waals surface area contributed by atoms with Crippen molar-refractivity contribution >= 4 is 23.4 Å². The van der Waals surface area contributed by atoms with E-state index in [-0.39, 0.29) is 29.0 Å². The van der Waals surface area contributed by atoms with Crippen molar-refractivity contribution in [2.75, 3.05) is 11.5 Å². The minimum atomic E-state index is -0.389. The van der Waals surface area contributed by atoms with Gasteiger partial charge in [-0.2, -0.15) is 0 Å². The van der Waals surface area contributed by atoms with Crippen LogP contribution in [0.2, 0.25) is 0 Å². The van der Waals surface area contributed by atoms with Gasteiger partial charge in [-0.1, -0.05) is 30.0 Å². The number of hydrogen-bond donors (Lipinski definition) is 3. The van der Waals surface area contributed by atoms with Gasteiger partial charge in [0, 0.05) is 17.3 Å². The van der Waals surface area contributed by atoms with Gasteiger partial charge in [-0.05, 0) is 19.9 Å². The fourth-order valence-corrected chi connectivity index (χ4v) is 2.39. The fourth-order valence-electron chi connectivity index (χ4n) is 1.77. The van der Waals surface area contributed by atoms with Crippen LogP contribution in [0.4, 0.5) is 5.69 Å². The summed E-state index contributed by atoms with van der Waals surface area (Å²) in [5.41, 5.74) is 6.59. The third-order valence-corrected chi connectivity index (χ3v) is 3.55. The molecule has 0 aliphatic carbocycles. The zero-order valence-electron chi connectivity index (χ0n) is 12.3. The summed E-state index contributed by atoms with van der Waals surface area (Å²) in [6.45, 7) is 3.76. The molecule has 0 saturated carbocycles. The molecule has 22 heavy (non-hydrogen) atoms. The third kappa shape index (κ3) is 4.08. The number of thioether (sulfide) groups is 1. The number of nitrogens with zero attached hydrogens (tertiary/aromatic N) is 2. The van der Waals surface area contributed by atoms with Crippen LogP contribution in [0, 0.1) is 0 Å². The molecule has 0 atom stereocenters. The number of nitrogens with one attached hydrogen (secondary N) is 2.